The van der Waals surface area contributed by atoms with Crippen molar-refractivity contribution >= 4 is 11.9 Å². The summed E-state index contributed by atoms with van der Waals surface area (Å²) >= 11 is 0. The molecule has 0 bridgehead atoms. The zero-order chi connectivity index (χ0) is 9.94. The molecule has 0 unspecified atom stereocenters. The van der Waals surface area contributed by atoms with Gasteiger partial charge in [-0.05, 0) is 24.4 Å². The van der Waals surface area contributed by atoms with Gasteiger partial charge >= 0.3 is 0 Å². The molecule has 0 aliphatic carbocycles. The number of allylic oxidation sites excluding steroid dienone is 1. The van der Waals surface area contributed by atoms with Crippen molar-refractivity contribution in [1.82, 2.24) is 0 Å². The summed E-state index contributed by atoms with van der Waals surface area (Å²) in [5.74, 6) is 0. The maximum absolute atomic E-state index is 5.12. The fourth-order valence-electron chi connectivity index (χ4n) is 0.693. The molecule has 0 saturated carbocycles. The lowest BCUT2D eigenvalue weighted by Crippen LogP contribution is -1.75. The highest BCUT2D eigenvalue weighted by molar-refractivity contribution is 5.74. The number of hydrogen-bond donors (Lipinski definition) is 1. The zero-order valence-corrected chi connectivity index (χ0v) is 8.14. The van der Waals surface area contributed by atoms with Crippen molar-refractivity contribution in [2.45, 2.75) is 13.8 Å². The molecule has 0 atom stereocenters. The van der Waals surface area contributed by atoms with E-state index >= 15 is 0 Å². The Morgan fingerprint density at radius 1 is 1.15 bits per heavy atom. The minimum Gasteiger partial charge on any atom is -0.405 e. The standard InChI is InChI=1S/C9H10N2.C2H6/c10-7-4-8-11-9-5-2-1-3-6-9;1-2/h1-8H,10H2;1-2H3/b7-4-,11-8?;. The predicted molar refractivity (Wildman–Crippen MR) is 59.3 cm³/mol. The molecule has 0 saturated heterocycles. The Balaban J connectivity index is 0.000000671. The molecule has 2 nitrogen and oxygen atoms in total. The third-order valence-corrected chi connectivity index (χ3v) is 1.18. The number of hydrogen-bond acceptors (Lipinski definition) is 2. The van der Waals surface area contributed by atoms with E-state index in [1.807, 2.05) is 44.2 Å². The van der Waals surface area contributed by atoms with Crippen LogP contribution in [0.2, 0.25) is 0 Å². The van der Waals surface area contributed by atoms with Crippen molar-refractivity contribution in [3.8, 4) is 0 Å². The quantitative estimate of drug-likeness (QED) is 0.691. The summed E-state index contributed by atoms with van der Waals surface area (Å²) in [6.45, 7) is 4.00. The SMILES string of the molecule is CC.N/C=C\C=Nc1ccccc1. The summed E-state index contributed by atoms with van der Waals surface area (Å²) < 4.78 is 0. The molecule has 0 fully saturated rings. The van der Waals surface area contributed by atoms with Gasteiger partial charge in [-0.25, -0.2) is 0 Å². The molecule has 0 heterocycles. The van der Waals surface area contributed by atoms with Gasteiger partial charge in [0.05, 0.1) is 5.69 Å². The van der Waals surface area contributed by atoms with Crippen molar-refractivity contribution in [3.63, 3.8) is 0 Å². The van der Waals surface area contributed by atoms with Gasteiger partial charge in [0.25, 0.3) is 0 Å². The van der Waals surface area contributed by atoms with Crippen LogP contribution in [0, 0.1) is 0 Å². The third-order valence-electron chi connectivity index (χ3n) is 1.18. The first-order valence-corrected chi connectivity index (χ1v) is 4.39. The Hall–Kier alpha value is -1.57. The zero-order valence-electron chi connectivity index (χ0n) is 8.14. The molecule has 0 amide bonds. The van der Waals surface area contributed by atoms with Crippen molar-refractivity contribution in [2.75, 3.05) is 0 Å². The average Bonchev–Trinajstić information content (AvgIpc) is 2.23. The van der Waals surface area contributed by atoms with Crippen LogP contribution in [0.15, 0.2) is 47.6 Å². The van der Waals surface area contributed by atoms with E-state index in [1.165, 1.54) is 6.20 Å². The summed E-state index contributed by atoms with van der Waals surface area (Å²) in [5, 5.41) is 0. The van der Waals surface area contributed by atoms with Gasteiger partial charge in [0.15, 0.2) is 0 Å². The molecule has 0 aliphatic heterocycles. The van der Waals surface area contributed by atoms with E-state index in [9.17, 15) is 0 Å². The van der Waals surface area contributed by atoms with Gasteiger partial charge in [0.1, 0.15) is 0 Å². The van der Waals surface area contributed by atoms with E-state index < -0.39 is 0 Å². The number of para-hydroxylation sites is 1. The monoisotopic (exact) mass is 176 g/mol. The minimum atomic E-state index is 0.936. The van der Waals surface area contributed by atoms with Crippen LogP contribution in [0.4, 0.5) is 5.69 Å². The fourth-order valence-corrected chi connectivity index (χ4v) is 0.693. The molecule has 0 aliphatic rings. The highest BCUT2D eigenvalue weighted by Crippen LogP contribution is 2.07. The number of nitrogens with zero attached hydrogens (tertiary/aromatic N) is 1. The summed E-state index contributed by atoms with van der Waals surface area (Å²) in [5.41, 5.74) is 6.06. The topological polar surface area (TPSA) is 38.4 Å². The summed E-state index contributed by atoms with van der Waals surface area (Å²) in [4.78, 5) is 4.10. The minimum absolute atomic E-state index is 0.936. The van der Waals surface area contributed by atoms with Gasteiger partial charge in [0.2, 0.25) is 0 Å². The first kappa shape index (κ1) is 11.4. The summed E-state index contributed by atoms with van der Waals surface area (Å²) in [6.07, 6.45) is 4.80. The lowest BCUT2D eigenvalue weighted by atomic mass is 10.3. The van der Waals surface area contributed by atoms with Crippen molar-refractivity contribution in [3.05, 3.63) is 42.6 Å². The van der Waals surface area contributed by atoms with Crippen LogP contribution in [-0.4, -0.2) is 6.21 Å². The van der Waals surface area contributed by atoms with Crippen molar-refractivity contribution in [1.29, 1.82) is 0 Å². The van der Waals surface area contributed by atoms with E-state index in [1.54, 1.807) is 12.3 Å². The molecular formula is C11H16N2. The van der Waals surface area contributed by atoms with E-state index in [2.05, 4.69) is 4.99 Å². The fraction of sp³-hybridized carbons (Fsp3) is 0.182. The molecule has 70 valence electrons. The molecule has 2 N–H and O–H groups in total. The molecule has 1 aromatic rings. The molecule has 13 heavy (non-hydrogen) atoms. The first-order chi connectivity index (χ1) is 6.43. The van der Waals surface area contributed by atoms with Crippen LogP contribution < -0.4 is 5.73 Å². The third kappa shape index (κ3) is 5.67. The van der Waals surface area contributed by atoms with E-state index in [0.29, 0.717) is 0 Å². The Morgan fingerprint density at radius 2 is 1.77 bits per heavy atom. The summed E-state index contributed by atoms with van der Waals surface area (Å²) in [6, 6.07) is 9.71. The van der Waals surface area contributed by atoms with Gasteiger partial charge in [-0.15, -0.1) is 0 Å². The number of aliphatic imine (C=N–C) groups is 1. The van der Waals surface area contributed by atoms with E-state index in [4.69, 9.17) is 5.73 Å². The van der Waals surface area contributed by atoms with Crippen LogP contribution in [0.1, 0.15) is 13.8 Å². The Bertz CT molecular complexity index is 250. The predicted octanol–water partition coefficient (Wildman–Crippen LogP) is 2.89. The second-order valence-electron chi connectivity index (χ2n) is 2.00. The summed E-state index contributed by atoms with van der Waals surface area (Å²) in [7, 11) is 0. The van der Waals surface area contributed by atoms with Crippen LogP contribution in [0.5, 0.6) is 0 Å². The second-order valence-corrected chi connectivity index (χ2v) is 2.00. The lowest BCUT2D eigenvalue weighted by Gasteiger charge is -1.87. The van der Waals surface area contributed by atoms with Gasteiger partial charge in [-0.1, -0.05) is 32.0 Å². The van der Waals surface area contributed by atoms with Crippen LogP contribution in [-0.2, 0) is 0 Å². The molecule has 2 heteroatoms. The van der Waals surface area contributed by atoms with Gasteiger partial charge in [0, 0.05) is 6.21 Å². The lowest BCUT2D eigenvalue weighted by molar-refractivity contribution is 1.50. The first-order valence-electron chi connectivity index (χ1n) is 4.39. The van der Waals surface area contributed by atoms with Crippen molar-refractivity contribution in [2.24, 2.45) is 10.7 Å². The van der Waals surface area contributed by atoms with Gasteiger partial charge in [-0.2, -0.15) is 0 Å². The van der Waals surface area contributed by atoms with E-state index in [-0.39, 0.29) is 0 Å². The smallest absolute Gasteiger partial charge is 0.0629 e. The van der Waals surface area contributed by atoms with Gasteiger partial charge < -0.3 is 5.73 Å². The van der Waals surface area contributed by atoms with Crippen LogP contribution in [0.25, 0.3) is 0 Å². The number of nitrogens with two attached hydrogens (primary N) is 1. The number of benzene rings is 1. The van der Waals surface area contributed by atoms with Gasteiger partial charge in [-0.3, -0.25) is 4.99 Å². The van der Waals surface area contributed by atoms with Crippen molar-refractivity contribution < 1.29 is 0 Å². The van der Waals surface area contributed by atoms with Crippen LogP contribution >= 0.6 is 0 Å². The molecule has 0 aromatic heterocycles. The number of rotatable bonds is 2. The second kappa shape index (κ2) is 8.53. The Kier molecular flexibility index (Phi) is 7.50. The Labute approximate surface area is 79.8 Å². The Morgan fingerprint density at radius 3 is 2.31 bits per heavy atom. The average molecular weight is 176 g/mol. The molecular weight excluding hydrogens is 160 g/mol. The normalized spacial score (nSPS) is 10.0. The molecule has 1 rings (SSSR count). The highest BCUT2D eigenvalue weighted by atomic mass is 14.7. The van der Waals surface area contributed by atoms with Crippen LogP contribution in [0.3, 0.4) is 0 Å². The maximum Gasteiger partial charge on any atom is 0.0629 e. The van der Waals surface area contributed by atoms with E-state index in [0.717, 1.165) is 5.69 Å². The maximum atomic E-state index is 5.12. The largest absolute Gasteiger partial charge is 0.405 e. The molecule has 1 aromatic carbocycles. The highest BCUT2D eigenvalue weighted by Gasteiger charge is 1.79. The molecule has 0 radical (unpaired) electrons. The molecule has 0 spiro atoms.